The first kappa shape index (κ1) is 27.0. The van der Waals surface area contributed by atoms with Crippen LogP contribution in [-0.2, 0) is 11.4 Å². The Bertz CT molecular complexity index is 1400. The standard InChI is InChI=1S/C29H29ClN4O4/c1-3-20(26-15-22(30)10-13-27(26)34-16-24(17-35)32-33-34)7-4-18(2)25(14-19-5-6-19)28(36)31-23-11-8-21(9-12-23)29(37)38/h3-4,7-13,15-16,19,25,35H,2,5-6,14,17H2,1H3,(H,31,36)(H,37,38)/b7-4-,20-3+. The van der Waals surface area contributed by atoms with Crippen molar-refractivity contribution in [3.05, 3.63) is 101 Å². The number of hydrogen-bond acceptors (Lipinski definition) is 5. The van der Waals surface area contributed by atoms with Gasteiger partial charge in [-0.15, -0.1) is 5.10 Å². The number of hydrogen-bond donors (Lipinski definition) is 3. The summed E-state index contributed by atoms with van der Waals surface area (Å²) in [6.07, 6.45) is 10.2. The highest BCUT2D eigenvalue weighted by Gasteiger charge is 2.30. The number of halogens is 1. The predicted molar refractivity (Wildman–Crippen MR) is 147 cm³/mol. The van der Waals surface area contributed by atoms with Gasteiger partial charge in [-0.2, -0.15) is 0 Å². The number of nitrogens with zero attached hydrogens (tertiary/aromatic N) is 3. The molecule has 9 heteroatoms. The first-order valence-electron chi connectivity index (χ1n) is 12.3. The van der Waals surface area contributed by atoms with E-state index in [-0.39, 0.29) is 18.1 Å². The molecule has 196 valence electrons. The maximum Gasteiger partial charge on any atom is 0.335 e. The zero-order chi connectivity index (χ0) is 27.2. The van der Waals surface area contributed by atoms with Crippen molar-refractivity contribution in [2.45, 2.75) is 32.8 Å². The Hall–Kier alpha value is -4.01. The van der Waals surface area contributed by atoms with E-state index in [1.165, 1.54) is 12.1 Å². The van der Waals surface area contributed by atoms with Gasteiger partial charge in [0.1, 0.15) is 5.69 Å². The smallest absolute Gasteiger partial charge is 0.335 e. The number of aromatic nitrogens is 3. The second-order valence-corrected chi connectivity index (χ2v) is 9.67. The van der Waals surface area contributed by atoms with Crippen LogP contribution < -0.4 is 5.32 Å². The molecule has 1 fully saturated rings. The maximum absolute atomic E-state index is 13.2. The van der Waals surface area contributed by atoms with Crippen LogP contribution in [0, 0.1) is 11.8 Å². The fraction of sp³-hybridized carbons (Fsp3) is 0.241. The van der Waals surface area contributed by atoms with Crippen LogP contribution in [0.15, 0.2) is 79.0 Å². The van der Waals surface area contributed by atoms with Gasteiger partial charge in [-0.1, -0.05) is 54.5 Å². The molecule has 1 unspecified atom stereocenters. The number of carbonyl (C=O) groups is 2. The number of aliphatic hydroxyl groups excluding tert-OH is 1. The lowest BCUT2D eigenvalue weighted by atomic mass is 9.91. The SMILES string of the molecule is C=C(/C=C\C(=C/C)c1cc(Cl)ccc1-n1cc(CO)nn1)C(CC1CC1)C(=O)Nc1ccc(C(=O)O)cc1. The fourth-order valence-corrected chi connectivity index (χ4v) is 4.29. The van der Waals surface area contributed by atoms with Gasteiger partial charge in [0, 0.05) is 16.3 Å². The molecule has 1 aliphatic carbocycles. The molecule has 2 aromatic carbocycles. The second-order valence-electron chi connectivity index (χ2n) is 9.23. The van der Waals surface area contributed by atoms with Gasteiger partial charge in [0.05, 0.1) is 30.0 Å². The van der Waals surface area contributed by atoms with Gasteiger partial charge in [0.15, 0.2) is 0 Å². The van der Waals surface area contributed by atoms with Gasteiger partial charge in [-0.05, 0) is 72.9 Å². The minimum absolute atomic E-state index is 0.155. The van der Waals surface area contributed by atoms with Crippen LogP contribution in [-0.4, -0.2) is 37.1 Å². The van der Waals surface area contributed by atoms with Crippen LogP contribution in [0.2, 0.25) is 5.02 Å². The summed E-state index contributed by atoms with van der Waals surface area (Å²) in [4.78, 5) is 24.4. The number of carboxylic acids is 1. The van der Waals surface area contributed by atoms with Crippen LogP contribution in [0.25, 0.3) is 11.3 Å². The number of aliphatic hydroxyl groups is 1. The van der Waals surface area contributed by atoms with E-state index in [0.717, 1.165) is 29.7 Å². The van der Waals surface area contributed by atoms with Crippen LogP contribution in [0.1, 0.15) is 47.8 Å². The topological polar surface area (TPSA) is 117 Å². The molecule has 0 spiro atoms. The summed E-state index contributed by atoms with van der Waals surface area (Å²) in [7, 11) is 0. The minimum atomic E-state index is -1.02. The first-order chi connectivity index (χ1) is 18.3. The molecule has 3 N–H and O–H groups in total. The Morgan fingerprint density at radius 3 is 2.55 bits per heavy atom. The molecule has 3 aromatic rings. The van der Waals surface area contributed by atoms with E-state index in [2.05, 4.69) is 22.2 Å². The summed E-state index contributed by atoms with van der Waals surface area (Å²) in [5.74, 6) is -1.15. The number of aromatic carboxylic acids is 1. The summed E-state index contributed by atoms with van der Waals surface area (Å²) in [5.41, 5.74) is 4.20. The number of rotatable bonds is 11. The van der Waals surface area contributed by atoms with Crippen LogP contribution in [0.4, 0.5) is 5.69 Å². The predicted octanol–water partition coefficient (Wildman–Crippen LogP) is 5.68. The van der Waals surface area contributed by atoms with Crippen molar-refractivity contribution in [2.75, 3.05) is 5.32 Å². The molecule has 1 heterocycles. The number of allylic oxidation sites excluding steroid dienone is 4. The number of carbonyl (C=O) groups excluding carboxylic acids is 1. The highest BCUT2D eigenvalue weighted by Crippen LogP contribution is 2.38. The zero-order valence-electron chi connectivity index (χ0n) is 21.0. The molecular weight excluding hydrogens is 504 g/mol. The number of amides is 1. The Kier molecular flexibility index (Phi) is 8.55. The van der Waals surface area contributed by atoms with Crippen molar-refractivity contribution in [3.63, 3.8) is 0 Å². The molecule has 0 radical (unpaired) electrons. The molecule has 1 atom stereocenters. The zero-order valence-corrected chi connectivity index (χ0v) is 21.7. The number of benzene rings is 2. The lowest BCUT2D eigenvalue weighted by Gasteiger charge is -2.18. The Balaban J connectivity index is 1.55. The first-order valence-corrected chi connectivity index (χ1v) is 12.7. The van der Waals surface area contributed by atoms with E-state index in [4.69, 9.17) is 16.7 Å². The number of nitrogens with one attached hydrogen (secondary N) is 1. The average Bonchev–Trinajstić information content (AvgIpc) is 3.61. The van der Waals surface area contributed by atoms with Crippen LogP contribution in [0.5, 0.6) is 0 Å². The molecule has 0 aliphatic heterocycles. The number of carboxylic acid groups (broad SMARTS) is 1. The summed E-state index contributed by atoms with van der Waals surface area (Å²) >= 11 is 6.32. The van der Waals surface area contributed by atoms with Gasteiger partial charge >= 0.3 is 5.97 Å². The largest absolute Gasteiger partial charge is 0.478 e. The second kappa shape index (κ2) is 12.0. The summed E-state index contributed by atoms with van der Waals surface area (Å²) in [6.45, 7) is 5.90. The third kappa shape index (κ3) is 6.65. The highest BCUT2D eigenvalue weighted by molar-refractivity contribution is 6.30. The quantitative estimate of drug-likeness (QED) is 0.273. The Morgan fingerprint density at radius 2 is 1.95 bits per heavy atom. The average molecular weight is 533 g/mol. The Labute approximate surface area is 226 Å². The van der Waals surface area contributed by atoms with Crippen molar-refractivity contribution in [1.29, 1.82) is 0 Å². The van der Waals surface area contributed by atoms with E-state index in [0.29, 0.717) is 34.3 Å². The fourth-order valence-electron chi connectivity index (χ4n) is 4.12. The van der Waals surface area contributed by atoms with E-state index < -0.39 is 11.9 Å². The summed E-state index contributed by atoms with van der Waals surface area (Å²) < 4.78 is 1.59. The van der Waals surface area contributed by atoms with E-state index in [1.807, 2.05) is 37.3 Å². The molecule has 1 aliphatic rings. The molecule has 0 saturated heterocycles. The van der Waals surface area contributed by atoms with E-state index >= 15 is 0 Å². The summed E-state index contributed by atoms with van der Waals surface area (Å²) in [6, 6.07) is 11.5. The molecule has 0 bridgehead atoms. The van der Waals surface area contributed by atoms with E-state index in [1.54, 1.807) is 29.1 Å². The van der Waals surface area contributed by atoms with Gasteiger partial charge in [0.25, 0.3) is 0 Å². The minimum Gasteiger partial charge on any atom is -0.478 e. The lowest BCUT2D eigenvalue weighted by molar-refractivity contribution is -0.119. The molecular formula is C29H29ClN4O4. The van der Waals surface area contributed by atoms with E-state index in [9.17, 15) is 14.7 Å². The molecule has 1 saturated carbocycles. The van der Waals surface area contributed by atoms with Gasteiger partial charge in [-0.3, -0.25) is 4.79 Å². The van der Waals surface area contributed by atoms with Crippen molar-refractivity contribution < 1.29 is 19.8 Å². The van der Waals surface area contributed by atoms with Gasteiger partial charge in [-0.25, -0.2) is 9.48 Å². The molecule has 4 rings (SSSR count). The molecule has 38 heavy (non-hydrogen) atoms. The van der Waals surface area contributed by atoms with Gasteiger partial charge in [0.2, 0.25) is 5.91 Å². The van der Waals surface area contributed by atoms with Gasteiger partial charge < -0.3 is 15.5 Å². The number of anilines is 1. The van der Waals surface area contributed by atoms with Crippen molar-refractivity contribution in [3.8, 4) is 5.69 Å². The molecule has 8 nitrogen and oxygen atoms in total. The normalized spacial score (nSPS) is 14.4. The molecule has 1 amide bonds. The Morgan fingerprint density at radius 1 is 1.21 bits per heavy atom. The summed E-state index contributed by atoms with van der Waals surface area (Å²) in [5, 5.41) is 30.0. The van der Waals surface area contributed by atoms with Crippen molar-refractivity contribution in [2.24, 2.45) is 11.8 Å². The van der Waals surface area contributed by atoms with Crippen LogP contribution in [0.3, 0.4) is 0 Å². The monoisotopic (exact) mass is 532 g/mol. The van der Waals surface area contributed by atoms with Crippen molar-refractivity contribution in [1.82, 2.24) is 15.0 Å². The molecule has 1 aromatic heterocycles. The van der Waals surface area contributed by atoms with Crippen molar-refractivity contribution >= 4 is 34.7 Å². The third-order valence-corrected chi connectivity index (χ3v) is 6.67. The lowest BCUT2D eigenvalue weighted by Crippen LogP contribution is -2.24. The highest BCUT2D eigenvalue weighted by atomic mass is 35.5. The van der Waals surface area contributed by atoms with Crippen LogP contribution >= 0.6 is 11.6 Å². The maximum atomic E-state index is 13.2. The third-order valence-electron chi connectivity index (χ3n) is 6.44.